The normalized spacial score (nSPS) is 16.0. The third-order valence-corrected chi connectivity index (χ3v) is 4.39. The second-order valence-corrected chi connectivity index (χ2v) is 6.09. The minimum absolute atomic E-state index is 0.206. The zero-order chi connectivity index (χ0) is 15.5. The topological polar surface area (TPSA) is 35.5 Å². The van der Waals surface area contributed by atoms with Crippen molar-refractivity contribution < 1.29 is 27.4 Å². The van der Waals surface area contributed by atoms with Gasteiger partial charge in [0.1, 0.15) is 0 Å². The van der Waals surface area contributed by atoms with Crippen LogP contribution in [0.3, 0.4) is 0 Å². The summed E-state index contributed by atoms with van der Waals surface area (Å²) in [6.45, 7) is 1.13. The maximum atomic E-state index is 12.6. The van der Waals surface area contributed by atoms with E-state index in [0.29, 0.717) is 4.90 Å². The Morgan fingerprint density at radius 3 is 2.52 bits per heavy atom. The highest BCUT2D eigenvalue weighted by Crippen LogP contribution is 2.44. The molecule has 1 aliphatic rings. The molecule has 1 aliphatic carbocycles. The molecule has 7 heteroatoms. The summed E-state index contributed by atoms with van der Waals surface area (Å²) in [5.41, 5.74) is 0. The van der Waals surface area contributed by atoms with Crippen LogP contribution >= 0.6 is 11.8 Å². The van der Waals surface area contributed by atoms with Gasteiger partial charge in [0.25, 0.3) is 0 Å². The predicted octanol–water partition coefficient (Wildman–Crippen LogP) is 4.55. The smallest absolute Gasteiger partial charge is 0.423 e. The van der Waals surface area contributed by atoms with Crippen molar-refractivity contribution >= 4 is 17.7 Å². The number of carbonyl (C=O) groups is 1. The van der Waals surface area contributed by atoms with Gasteiger partial charge in [-0.05, 0) is 25.0 Å². The van der Waals surface area contributed by atoms with Crippen LogP contribution in [0.2, 0.25) is 0 Å². The molecule has 0 radical (unpaired) electrons. The molecule has 0 amide bonds. The molecule has 0 spiro atoms. The van der Waals surface area contributed by atoms with E-state index in [0.717, 1.165) is 32.6 Å². The highest BCUT2D eigenvalue weighted by atomic mass is 32.2. The van der Waals surface area contributed by atoms with E-state index in [1.807, 2.05) is 0 Å². The van der Waals surface area contributed by atoms with Crippen LogP contribution in [0.5, 0.6) is 11.5 Å². The first kappa shape index (κ1) is 16.0. The van der Waals surface area contributed by atoms with E-state index in [1.165, 1.54) is 17.8 Å². The van der Waals surface area contributed by atoms with Crippen LogP contribution in [-0.2, 0) is 4.79 Å². The van der Waals surface area contributed by atoms with Crippen LogP contribution in [0.15, 0.2) is 23.1 Å². The Hall–Kier alpha value is -1.37. The van der Waals surface area contributed by atoms with Gasteiger partial charge < -0.3 is 9.47 Å². The number of carbonyl (C=O) groups excluding carboxylic acids is 1. The molecule has 0 heterocycles. The largest absolute Gasteiger partial charge is 0.573 e. The van der Waals surface area contributed by atoms with Crippen LogP contribution in [0, 0.1) is 0 Å². The van der Waals surface area contributed by atoms with Gasteiger partial charge in [-0.3, -0.25) is 4.79 Å². The van der Waals surface area contributed by atoms with Crippen LogP contribution < -0.4 is 9.47 Å². The lowest BCUT2D eigenvalue weighted by molar-refractivity contribution is -0.276. The molecule has 1 aromatic carbocycles. The molecule has 1 aromatic rings. The molecule has 0 aromatic heterocycles. The van der Waals surface area contributed by atoms with Gasteiger partial charge in [-0.1, -0.05) is 18.9 Å². The third kappa shape index (κ3) is 4.84. The van der Waals surface area contributed by atoms with Gasteiger partial charge in [-0.2, -0.15) is 0 Å². The Morgan fingerprint density at radius 1 is 1.29 bits per heavy atom. The van der Waals surface area contributed by atoms with Crippen molar-refractivity contribution in [2.75, 3.05) is 0 Å². The van der Waals surface area contributed by atoms with Gasteiger partial charge >= 0.3 is 12.3 Å². The molecular formula is C14H15F3O3S. The number of rotatable bonds is 4. The molecule has 1 fully saturated rings. The van der Waals surface area contributed by atoms with Gasteiger partial charge in [-0.25, -0.2) is 0 Å². The zero-order valence-corrected chi connectivity index (χ0v) is 12.2. The second kappa shape index (κ2) is 6.60. The minimum Gasteiger partial charge on any atom is -0.423 e. The Labute approximate surface area is 124 Å². The highest BCUT2D eigenvalue weighted by Gasteiger charge is 2.34. The molecule has 0 unspecified atom stereocenters. The lowest BCUT2D eigenvalue weighted by Gasteiger charge is -2.17. The number of halogens is 3. The van der Waals surface area contributed by atoms with Crippen molar-refractivity contribution in [3.63, 3.8) is 0 Å². The van der Waals surface area contributed by atoms with Crippen LogP contribution in [0.25, 0.3) is 0 Å². The van der Waals surface area contributed by atoms with Gasteiger partial charge in [0, 0.05) is 12.2 Å². The molecule has 3 nitrogen and oxygen atoms in total. The average molecular weight is 320 g/mol. The fourth-order valence-corrected chi connectivity index (χ4v) is 3.56. The number of ether oxygens (including phenoxy) is 2. The first-order chi connectivity index (χ1) is 9.85. The molecule has 116 valence electrons. The van der Waals surface area contributed by atoms with Crippen LogP contribution in [-0.4, -0.2) is 17.6 Å². The molecule has 0 bridgehead atoms. The maximum absolute atomic E-state index is 12.6. The first-order valence-electron chi connectivity index (χ1n) is 6.59. The lowest BCUT2D eigenvalue weighted by Crippen LogP contribution is -2.19. The predicted molar refractivity (Wildman–Crippen MR) is 72.5 cm³/mol. The molecule has 1 saturated carbocycles. The Balaban J connectivity index is 2.30. The van der Waals surface area contributed by atoms with E-state index < -0.39 is 18.1 Å². The van der Waals surface area contributed by atoms with Gasteiger partial charge in [0.2, 0.25) is 0 Å². The van der Waals surface area contributed by atoms with Crippen molar-refractivity contribution in [3.8, 4) is 11.5 Å². The highest BCUT2D eigenvalue weighted by molar-refractivity contribution is 8.00. The van der Waals surface area contributed by atoms with E-state index in [-0.39, 0.29) is 11.0 Å². The van der Waals surface area contributed by atoms with E-state index in [2.05, 4.69) is 4.74 Å². The quantitative estimate of drug-likeness (QED) is 0.602. The van der Waals surface area contributed by atoms with E-state index >= 15 is 0 Å². The Morgan fingerprint density at radius 2 is 1.95 bits per heavy atom. The summed E-state index contributed by atoms with van der Waals surface area (Å²) in [5, 5.41) is 0.271. The number of para-hydroxylation sites is 1. The van der Waals surface area contributed by atoms with Crippen LogP contribution in [0.4, 0.5) is 13.2 Å². The minimum atomic E-state index is -4.83. The first-order valence-corrected chi connectivity index (χ1v) is 7.47. The monoisotopic (exact) mass is 320 g/mol. The van der Waals surface area contributed by atoms with Gasteiger partial charge in [0.05, 0.1) is 4.90 Å². The van der Waals surface area contributed by atoms with Gasteiger partial charge in [-0.15, -0.1) is 24.9 Å². The molecule has 0 atom stereocenters. The number of benzene rings is 1. The summed E-state index contributed by atoms with van der Waals surface area (Å²) in [6.07, 6.45) is -0.739. The van der Waals surface area contributed by atoms with E-state index in [9.17, 15) is 18.0 Å². The van der Waals surface area contributed by atoms with Gasteiger partial charge in [0.15, 0.2) is 11.5 Å². The summed E-state index contributed by atoms with van der Waals surface area (Å²) in [6, 6.07) is 4.40. The Kier molecular flexibility index (Phi) is 5.03. The molecule has 21 heavy (non-hydrogen) atoms. The zero-order valence-electron chi connectivity index (χ0n) is 11.4. The SMILES string of the molecule is CC(=O)Oc1cccc(SC2CCCC2)c1OC(F)(F)F. The molecule has 0 aliphatic heterocycles. The fourth-order valence-electron chi connectivity index (χ4n) is 2.23. The number of thioether (sulfide) groups is 1. The summed E-state index contributed by atoms with van der Waals surface area (Å²) in [5.74, 6) is -1.33. The Bertz CT molecular complexity index is 511. The van der Waals surface area contributed by atoms with Crippen LogP contribution in [0.1, 0.15) is 32.6 Å². The van der Waals surface area contributed by atoms with Crippen molar-refractivity contribution in [1.82, 2.24) is 0 Å². The van der Waals surface area contributed by atoms with Crippen molar-refractivity contribution in [2.24, 2.45) is 0 Å². The summed E-state index contributed by atoms with van der Waals surface area (Å²) >= 11 is 1.34. The summed E-state index contributed by atoms with van der Waals surface area (Å²) in [7, 11) is 0. The summed E-state index contributed by atoms with van der Waals surface area (Å²) < 4.78 is 46.6. The average Bonchev–Trinajstić information content (AvgIpc) is 2.84. The molecule has 0 N–H and O–H groups in total. The van der Waals surface area contributed by atoms with Crippen molar-refractivity contribution in [2.45, 2.75) is 49.1 Å². The maximum Gasteiger partial charge on any atom is 0.573 e. The molecular weight excluding hydrogens is 305 g/mol. The van der Waals surface area contributed by atoms with E-state index in [4.69, 9.17) is 4.74 Å². The summed E-state index contributed by atoms with van der Waals surface area (Å²) in [4.78, 5) is 11.4. The number of alkyl halides is 3. The number of hydrogen-bond donors (Lipinski definition) is 0. The van der Waals surface area contributed by atoms with Crippen molar-refractivity contribution in [1.29, 1.82) is 0 Å². The fraction of sp³-hybridized carbons (Fsp3) is 0.500. The second-order valence-electron chi connectivity index (χ2n) is 4.75. The lowest BCUT2D eigenvalue weighted by atomic mass is 10.3. The third-order valence-electron chi connectivity index (χ3n) is 3.01. The van der Waals surface area contributed by atoms with E-state index in [1.54, 1.807) is 12.1 Å². The molecule has 2 rings (SSSR count). The standard InChI is InChI=1S/C14H15F3O3S/c1-9(18)19-11-7-4-8-12(13(11)20-14(15,16)17)21-10-5-2-3-6-10/h4,7-8,10H,2-3,5-6H2,1H3. The van der Waals surface area contributed by atoms with Crippen molar-refractivity contribution in [3.05, 3.63) is 18.2 Å². The molecule has 0 saturated heterocycles. The number of esters is 1. The number of hydrogen-bond acceptors (Lipinski definition) is 4.